The van der Waals surface area contributed by atoms with Crippen LogP contribution in [-0.4, -0.2) is 54.0 Å². The van der Waals surface area contributed by atoms with E-state index in [1.165, 1.54) is 6.33 Å². The average Bonchev–Trinajstić information content (AvgIpc) is 3.05. The first kappa shape index (κ1) is 22.1. The van der Waals surface area contributed by atoms with Crippen LogP contribution in [0.2, 0.25) is 0 Å². The van der Waals surface area contributed by atoms with Crippen LogP contribution >= 0.6 is 0 Å². The Morgan fingerprint density at radius 1 is 1.13 bits per heavy atom. The van der Waals surface area contributed by atoms with Gasteiger partial charge in [0.1, 0.15) is 23.6 Å². The first-order valence-corrected chi connectivity index (χ1v) is 9.90. The molecule has 0 unspecified atom stereocenters. The first-order chi connectivity index (χ1) is 14.8. The maximum absolute atomic E-state index is 12.6. The van der Waals surface area contributed by atoms with Gasteiger partial charge in [-0.25, -0.2) is 14.6 Å². The van der Waals surface area contributed by atoms with Crippen molar-refractivity contribution in [3.63, 3.8) is 0 Å². The lowest BCUT2D eigenvalue weighted by molar-refractivity contribution is -0.116. The lowest BCUT2D eigenvalue weighted by Gasteiger charge is -2.12. The number of benzene rings is 1. The summed E-state index contributed by atoms with van der Waals surface area (Å²) in [5.41, 5.74) is 3.42. The quantitative estimate of drug-likeness (QED) is 0.594. The fraction of sp³-hybridized carbons (Fsp3) is 0.364. The van der Waals surface area contributed by atoms with Gasteiger partial charge in [-0.1, -0.05) is 0 Å². The van der Waals surface area contributed by atoms with Crippen LogP contribution in [0.3, 0.4) is 0 Å². The molecule has 1 N–H and O–H groups in total. The molecule has 1 amide bonds. The largest absolute Gasteiger partial charge is 0.497 e. The number of hydrogen-bond acceptors (Lipinski definition) is 7. The molecule has 0 fully saturated rings. The zero-order valence-electron chi connectivity index (χ0n) is 18.8. The van der Waals surface area contributed by atoms with Gasteiger partial charge in [-0.15, -0.1) is 0 Å². The number of aryl methyl sites for hydroxylation is 1. The Bertz CT molecular complexity index is 1080. The van der Waals surface area contributed by atoms with Crippen molar-refractivity contribution in [2.75, 3.05) is 38.5 Å². The molecule has 164 valence electrons. The van der Waals surface area contributed by atoms with E-state index in [1.54, 1.807) is 37.1 Å². The highest BCUT2D eigenvalue weighted by Crippen LogP contribution is 2.29. The van der Waals surface area contributed by atoms with Crippen molar-refractivity contribution in [3.05, 3.63) is 47.5 Å². The molecule has 9 heteroatoms. The maximum Gasteiger partial charge on any atom is 0.224 e. The Hall–Kier alpha value is -3.62. The number of nitrogens with one attached hydrogen (secondary N) is 1. The standard InChI is InChI=1S/C22H28N6O3/c1-14-17(15(2)28(26-14)21-12-20(27(3)4)23-13-24-21)8-10-22(29)25-18-11-16(30-5)7-9-19(18)31-6/h7,9,11-13H,8,10H2,1-6H3,(H,25,29). The number of aromatic nitrogens is 4. The molecule has 1 aromatic carbocycles. The molecule has 0 aliphatic carbocycles. The summed E-state index contributed by atoms with van der Waals surface area (Å²) in [5.74, 6) is 2.60. The summed E-state index contributed by atoms with van der Waals surface area (Å²) >= 11 is 0. The molecular formula is C22H28N6O3. The highest BCUT2D eigenvalue weighted by atomic mass is 16.5. The van der Waals surface area contributed by atoms with E-state index < -0.39 is 0 Å². The molecule has 3 rings (SSSR count). The predicted octanol–water partition coefficient (Wildman–Crippen LogP) is 2.93. The molecule has 0 spiro atoms. The zero-order chi connectivity index (χ0) is 22.5. The van der Waals surface area contributed by atoms with Crippen LogP contribution in [-0.2, 0) is 11.2 Å². The van der Waals surface area contributed by atoms with Gasteiger partial charge in [0.25, 0.3) is 0 Å². The van der Waals surface area contributed by atoms with Gasteiger partial charge < -0.3 is 19.7 Å². The van der Waals surface area contributed by atoms with Crippen LogP contribution in [0.15, 0.2) is 30.6 Å². The number of carbonyl (C=O) groups is 1. The second-order valence-corrected chi connectivity index (χ2v) is 7.30. The summed E-state index contributed by atoms with van der Waals surface area (Å²) in [4.78, 5) is 23.1. The fourth-order valence-electron chi connectivity index (χ4n) is 3.32. The molecule has 31 heavy (non-hydrogen) atoms. The SMILES string of the molecule is COc1ccc(OC)c(NC(=O)CCc2c(C)nn(-c3cc(N(C)C)ncn3)c2C)c1. The van der Waals surface area contributed by atoms with Crippen molar-refractivity contribution in [3.8, 4) is 17.3 Å². The van der Waals surface area contributed by atoms with Crippen LogP contribution in [0.5, 0.6) is 11.5 Å². The van der Waals surface area contributed by atoms with Gasteiger partial charge in [0.05, 0.1) is 25.6 Å². The molecule has 2 aromatic heterocycles. The topological polar surface area (TPSA) is 94.4 Å². The highest BCUT2D eigenvalue weighted by molar-refractivity contribution is 5.92. The third-order valence-corrected chi connectivity index (χ3v) is 5.04. The van der Waals surface area contributed by atoms with E-state index in [0.717, 1.165) is 22.8 Å². The first-order valence-electron chi connectivity index (χ1n) is 9.90. The predicted molar refractivity (Wildman–Crippen MR) is 119 cm³/mol. The van der Waals surface area contributed by atoms with Crippen LogP contribution in [0.1, 0.15) is 23.4 Å². The molecule has 2 heterocycles. The van der Waals surface area contributed by atoms with E-state index in [9.17, 15) is 4.79 Å². The Morgan fingerprint density at radius 3 is 2.58 bits per heavy atom. The van der Waals surface area contributed by atoms with Gasteiger partial charge in [-0.2, -0.15) is 5.10 Å². The molecule has 3 aromatic rings. The van der Waals surface area contributed by atoms with Gasteiger partial charge in [-0.3, -0.25) is 4.79 Å². The van der Waals surface area contributed by atoms with E-state index in [2.05, 4.69) is 20.4 Å². The number of anilines is 2. The van der Waals surface area contributed by atoms with E-state index in [0.29, 0.717) is 35.8 Å². The summed E-state index contributed by atoms with van der Waals surface area (Å²) in [6.07, 6.45) is 2.39. The number of methoxy groups -OCH3 is 2. The van der Waals surface area contributed by atoms with E-state index in [1.807, 2.05) is 38.9 Å². The van der Waals surface area contributed by atoms with Crippen molar-refractivity contribution in [1.82, 2.24) is 19.7 Å². The third-order valence-electron chi connectivity index (χ3n) is 5.04. The van der Waals surface area contributed by atoms with Gasteiger partial charge in [0.2, 0.25) is 5.91 Å². The summed E-state index contributed by atoms with van der Waals surface area (Å²) < 4.78 is 12.4. The summed E-state index contributed by atoms with van der Waals surface area (Å²) in [6, 6.07) is 7.16. The second-order valence-electron chi connectivity index (χ2n) is 7.30. The number of nitrogens with zero attached hydrogens (tertiary/aromatic N) is 5. The zero-order valence-corrected chi connectivity index (χ0v) is 18.8. The molecule has 0 aliphatic heterocycles. The van der Waals surface area contributed by atoms with Crippen LogP contribution in [0.4, 0.5) is 11.5 Å². The van der Waals surface area contributed by atoms with Gasteiger partial charge in [0, 0.05) is 38.3 Å². The van der Waals surface area contributed by atoms with Crippen molar-refractivity contribution >= 4 is 17.4 Å². The van der Waals surface area contributed by atoms with Crippen molar-refractivity contribution in [2.45, 2.75) is 26.7 Å². The van der Waals surface area contributed by atoms with Gasteiger partial charge in [0.15, 0.2) is 5.82 Å². The van der Waals surface area contributed by atoms with E-state index >= 15 is 0 Å². The number of hydrogen-bond donors (Lipinski definition) is 1. The fourth-order valence-corrected chi connectivity index (χ4v) is 3.32. The molecule has 0 saturated carbocycles. The minimum atomic E-state index is -0.116. The second kappa shape index (κ2) is 9.46. The lowest BCUT2D eigenvalue weighted by atomic mass is 10.1. The van der Waals surface area contributed by atoms with E-state index in [-0.39, 0.29) is 5.91 Å². The minimum Gasteiger partial charge on any atom is -0.497 e. The Morgan fingerprint density at radius 2 is 1.90 bits per heavy atom. The van der Waals surface area contributed by atoms with E-state index in [4.69, 9.17) is 9.47 Å². The Balaban J connectivity index is 1.74. The Kier molecular flexibility index (Phi) is 6.74. The Labute approximate surface area is 182 Å². The summed E-state index contributed by atoms with van der Waals surface area (Å²) in [7, 11) is 6.99. The van der Waals surface area contributed by atoms with Crippen molar-refractivity contribution in [1.29, 1.82) is 0 Å². The maximum atomic E-state index is 12.6. The molecular weight excluding hydrogens is 396 g/mol. The highest BCUT2D eigenvalue weighted by Gasteiger charge is 2.16. The van der Waals surface area contributed by atoms with Crippen LogP contribution in [0.25, 0.3) is 5.82 Å². The lowest BCUT2D eigenvalue weighted by Crippen LogP contribution is -2.14. The van der Waals surface area contributed by atoms with Gasteiger partial charge >= 0.3 is 0 Å². The smallest absolute Gasteiger partial charge is 0.224 e. The number of amides is 1. The normalized spacial score (nSPS) is 10.6. The molecule has 0 aliphatic rings. The number of rotatable bonds is 8. The van der Waals surface area contributed by atoms with Crippen LogP contribution < -0.4 is 19.7 Å². The molecule has 9 nitrogen and oxygen atoms in total. The number of ether oxygens (including phenoxy) is 2. The molecule has 0 bridgehead atoms. The average molecular weight is 425 g/mol. The number of carbonyl (C=O) groups excluding carboxylic acids is 1. The van der Waals surface area contributed by atoms with Crippen LogP contribution in [0, 0.1) is 13.8 Å². The third kappa shape index (κ3) is 4.93. The summed E-state index contributed by atoms with van der Waals surface area (Å²) in [6.45, 7) is 3.92. The summed E-state index contributed by atoms with van der Waals surface area (Å²) in [5, 5.41) is 7.54. The minimum absolute atomic E-state index is 0.116. The molecule has 0 atom stereocenters. The van der Waals surface area contributed by atoms with Crippen molar-refractivity contribution < 1.29 is 14.3 Å². The van der Waals surface area contributed by atoms with Crippen molar-refractivity contribution in [2.24, 2.45) is 0 Å². The molecule has 0 radical (unpaired) electrons. The van der Waals surface area contributed by atoms with Gasteiger partial charge in [-0.05, 0) is 38.0 Å². The molecule has 0 saturated heterocycles. The monoisotopic (exact) mass is 424 g/mol.